The third kappa shape index (κ3) is 6.51. The predicted molar refractivity (Wildman–Crippen MR) is 51.3 cm³/mol. The van der Waals surface area contributed by atoms with Crippen LogP contribution in [0.1, 0.15) is 27.2 Å². The average molecular weight is 177 g/mol. The lowest BCUT2D eigenvalue weighted by atomic mass is 10.3. The molecule has 0 radical (unpaired) electrons. The first-order chi connectivity index (χ1) is 5.20. The number of hydrogen-bond acceptors (Lipinski definition) is 2. The number of nitrogens with one attached hydrogen (secondary N) is 1. The zero-order valence-corrected chi connectivity index (χ0v) is 8.54. The zero-order chi connectivity index (χ0) is 8.69. The molecular formula is C8H19NOS. The molecule has 68 valence electrons. The minimum Gasteiger partial charge on any atom is -0.315 e. The molecule has 0 amide bonds. The molecule has 1 N–H and O–H groups in total. The molecule has 2 atom stereocenters. The fourth-order valence-corrected chi connectivity index (χ4v) is 1.81. The lowest BCUT2D eigenvalue weighted by molar-refractivity contribution is 0.553. The molecule has 0 spiro atoms. The van der Waals surface area contributed by atoms with Crippen LogP contribution in [0.2, 0.25) is 0 Å². The summed E-state index contributed by atoms with van der Waals surface area (Å²) >= 11 is 0. The number of rotatable bonds is 6. The van der Waals surface area contributed by atoms with Crippen molar-refractivity contribution in [1.29, 1.82) is 0 Å². The lowest BCUT2D eigenvalue weighted by Crippen LogP contribution is -2.27. The van der Waals surface area contributed by atoms with Crippen LogP contribution >= 0.6 is 0 Å². The molecule has 0 aliphatic rings. The van der Waals surface area contributed by atoms with Gasteiger partial charge in [0.1, 0.15) is 0 Å². The number of hydrogen-bond donors (Lipinski definition) is 1. The standard InChI is InChI=1S/C8H19NOS/c1-4-9-8(3)6-7-11(10)5-2/h8-9H,4-7H2,1-3H3. The van der Waals surface area contributed by atoms with Crippen molar-refractivity contribution < 1.29 is 4.21 Å². The summed E-state index contributed by atoms with van der Waals surface area (Å²) in [6, 6.07) is 0.510. The van der Waals surface area contributed by atoms with Gasteiger partial charge in [-0.3, -0.25) is 4.21 Å². The van der Waals surface area contributed by atoms with Crippen molar-refractivity contribution in [2.24, 2.45) is 0 Å². The normalized spacial score (nSPS) is 16.3. The van der Waals surface area contributed by atoms with Crippen LogP contribution < -0.4 is 5.32 Å². The molecule has 2 unspecified atom stereocenters. The van der Waals surface area contributed by atoms with Gasteiger partial charge in [0.25, 0.3) is 0 Å². The fourth-order valence-electron chi connectivity index (χ4n) is 0.903. The SMILES string of the molecule is CCNC(C)CCS(=O)CC. The Morgan fingerprint density at radius 2 is 2.09 bits per heavy atom. The molecule has 0 bridgehead atoms. The maximum Gasteiger partial charge on any atom is 0.0249 e. The maximum atomic E-state index is 11.0. The summed E-state index contributed by atoms with van der Waals surface area (Å²) in [5.41, 5.74) is 0. The first-order valence-corrected chi connectivity index (χ1v) is 5.77. The van der Waals surface area contributed by atoms with E-state index in [1.165, 1.54) is 0 Å². The molecule has 0 fully saturated rings. The molecule has 0 aliphatic carbocycles. The molecule has 0 aromatic rings. The fraction of sp³-hybridized carbons (Fsp3) is 1.00. The molecular weight excluding hydrogens is 158 g/mol. The second-order valence-electron chi connectivity index (χ2n) is 2.68. The van der Waals surface area contributed by atoms with Gasteiger partial charge in [0.15, 0.2) is 0 Å². The van der Waals surface area contributed by atoms with Gasteiger partial charge in [0, 0.05) is 28.3 Å². The largest absolute Gasteiger partial charge is 0.315 e. The Kier molecular flexibility index (Phi) is 6.87. The third-order valence-electron chi connectivity index (χ3n) is 1.65. The van der Waals surface area contributed by atoms with Gasteiger partial charge in [-0.05, 0) is 19.9 Å². The van der Waals surface area contributed by atoms with Crippen LogP contribution in [0.3, 0.4) is 0 Å². The summed E-state index contributed by atoms with van der Waals surface area (Å²) in [5.74, 6) is 1.63. The summed E-state index contributed by atoms with van der Waals surface area (Å²) in [6.45, 7) is 7.19. The highest BCUT2D eigenvalue weighted by molar-refractivity contribution is 7.84. The van der Waals surface area contributed by atoms with Gasteiger partial charge < -0.3 is 5.32 Å². The van der Waals surface area contributed by atoms with Crippen LogP contribution in [-0.2, 0) is 10.8 Å². The topological polar surface area (TPSA) is 29.1 Å². The van der Waals surface area contributed by atoms with Gasteiger partial charge in [-0.1, -0.05) is 13.8 Å². The second-order valence-corrected chi connectivity index (χ2v) is 4.55. The molecule has 2 nitrogen and oxygen atoms in total. The van der Waals surface area contributed by atoms with E-state index in [2.05, 4.69) is 19.2 Å². The van der Waals surface area contributed by atoms with Crippen LogP contribution in [0.15, 0.2) is 0 Å². The molecule has 11 heavy (non-hydrogen) atoms. The van der Waals surface area contributed by atoms with E-state index in [4.69, 9.17) is 0 Å². The van der Waals surface area contributed by atoms with Crippen molar-refractivity contribution in [3.8, 4) is 0 Å². The highest BCUT2D eigenvalue weighted by Gasteiger charge is 2.01. The first-order valence-electron chi connectivity index (χ1n) is 4.29. The van der Waals surface area contributed by atoms with Gasteiger partial charge >= 0.3 is 0 Å². The third-order valence-corrected chi connectivity index (χ3v) is 2.99. The summed E-state index contributed by atoms with van der Waals surface area (Å²) in [4.78, 5) is 0. The van der Waals surface area contributed by atoms with Crippen LogP contribution in [0.4, 0.5) is 0 Å². The van der Waals surface area contributed by atoms with Gasteiger partial charge in [0.05, 0.1) is 0 Å². The van der Waals surface area contributed by atoms with E-state index >= 15 is 0 Å². The second kappa shape index (κ2) is 6.80. The monoisotopic (exact) mass is 177 g/mol. The van der Waals surface area contributed by atoms with Gasteiger partial charge in [-0.25, -0.2) is 0 Å². The van der Waals surface area contributed by atoms with E-state index in [0.29, 0.717) is 6.04 Å². The molecule has 0 rings (SSSR count). The van der Waals surface area contributed by atoms with Crippen molar-refractivity contribution in [3.63, 3.8) is 0 Å². The molecule has 3 heteroatoms. The van der Waals surface area contributed by atoms with Gasteiger partial charge in [-0.2, -0.15) is 0 Å². The van der Waals surface area contributed by atoms with Crippen molar-refractivity contribution in [2.45, 2.75) is 33.2 Å². The van der Waals surface area contributed by atoms with Crippen molar-refractivity contribution in [1.82, 2.24) is 5.32 Å². The van der Waals surface area contributed by atoms with Crippen LogP contribution in [0, 0.1) is 0 Å². The van der Waals surface area contributed by atoms with Crippen molar-refractivity contribution in [3.05, 3.63) is 0 Å². The van der Waals surface area contributed by atoms with Crippen LogP contribution in [0.5, 0.6) is 0 Å². The summed E-state index contributed by atoms with van der Waals surface area (Å²) in [7, 11) is -0.591. The Hall–Kier alpha value is 0.110. The molecule has 0 aromatic carbocycles. The Morgan fingerprint density at radius 3 is 2.55 bits per heavy atom. The van der Waals surface area contributed by atoms with Gasteiger partial charge in [-0.15, -0.1) is 0 Å². The molecule has 0 heterocycles. The predicted octanol–water partition coefficient (Wildman–Crippen LogP) is 1.14. The van der Waals surface area contributed by atoms with E-state index < -0.39 is 10.8 Å². The highest BCUT2D eigenvalue weighted by atomic mass is 32.2. The first kappa shape index (κ1) is 11.1. The zero-order valence-electron chi connectivity index (χ0n) is 7.72. The summed E-state index contributed by atoms with van der Waals surface area (Å²) in [5, 5.41) is 3.29. The molecule has 0 aliphatic heterocycles. The summed E-state index contributed by atoms with van der Waals surface area (Å²) in [6.07, 6.45) is 1.02. The molecule has 0 aromatic heterocycles. The lowest BCUT2D eigenvalue weighted by Gasteiger charge is -2.10. The van der Waals surface area contributed by atoms with E-state index in [9.17, 15) is 4.21 Å². The minimum absolute atomic E-state index is 0.510. The Labute approximate surface area is 72.2 Å². The van der Waals surface area contributed by atoms with E-state index in [1.807, 2.05) is 6.92 Å². The van der Waals surface area contributed by atoms with Gasteiger partial charge in [0.2, 0.25) is 0 Å². The molecule has 0 saturated carbocycles. The smallest absolute Gasteiger partial charge is 0.0249 e. The van der Waals surface area contributed by atoms with Crippen molar-refractivity contribution in [2.75, 3.05) is 18.1 Å². The quantitative estimate of drug-likeness (QED) is 0.659. The average Bonchev–Trinajstić information content (AvgIpc) is 2.01. The molecule has 0 saturated heterocycles. The highest BCUT2D eigenvalue weighted by Crippen LogP contribution is 1.93. The Balaban J connectivity index is 3.29. The van der Waals surface area contributed by atoms with E-state index in [1.54, 1.807) is 0 Å². The Bertz CT molecular complexity index is 117. The maximum absolute atomic E-state index is 11.0. The van der Waals surface area contributed by atoms with Crippen LogP contribution in [-0.4, -0.2) is 28.3 Å². The van der Waals surface area contributed by atoms with E-state index in [-0.39, 0.29) is 0 Å². The minimum atomic E-state index is -0.591. The Morgan fingerprint density at radius 1 is 1.45 bits per heavy atom. The van der Waals surface area contributed by atoms with E-state index in [0.717, 1.165) is 24.5 Å². The van der Waals surface area contributed by atoms with Crippen molar-refractivity contribution >= 4 is 10.8 Å². The van der Waals surface area contributed by atoms with Crippen LogP contribution in [0.25, 0.3) is 0 Å². The summed E-state index contributed by atoms with van der Waals surface area (Å²) < 4.78 is 11.0.